The van der Waals surface area contributed by atoms with E-state index in [9.17, 15) is 4.79 Å². The second-order valence-electron chi connectivity index (χ2n) is 3.93. The highest BCUT2D eigenvalue weighted by molar-refractivity contribution is 5.85. The van der Waals surface area contributed by atoms with Crippen LogP contribution < -0.4 is 0 Å². The molecule has 0 spiro atoms. The Kier molecular flexibility index (Phi) is 3.17. The van der Waals surface area contributed by atoms with Gasteiger partial charge in [0.1, 0.15) is 0 Å². The molecule has 2 unspecified atom stereocenters. The van der Waals surface area contributed by atoms with Crippen molar-refractivity contribution >= 4 is 11.9 Å². The maximum absolute atomic E-state index is 11.8. The zero-order chi connectivity index (χ0) is 12.4. The van der Waals surface area contributed by atoms with Crippen LogP contribution in [0.1, 0.15) is 25.6 Å². The molecule has 92 valence electrons. The minimum absolute atomic E-state index is 0.337. The fourth-order valence-corrected chi connectivity index (χ4v) is 1.94. The van der Waals surface area contributed by atoms with Crippen molar-refractivity contribution in [1.29, 1.82) is 0 Å². The summed E-state index contributed by atoms with van der Waals surface area (Å²) in [6, 6.07) is 3.24. The van der Waals surface area contributed by atoms with Crippen LogP contribution in [-0.2, 0) is 21.3 Å². The minimum Gasteiger partial charge on any atom is -0.469 e. The molecule has 2 rings (SSSR count). The van der Waals surface area contributed by atoms with Crippen molar-refractivity contribution in [3.05, 3.63) is 24.0 Å². The van der Waals surface area contributed by atoms with Crippen molar-refractivity contribution in [2.45, 2.75) is 26.0 Å². The number of rotatable bonds is 3. The van der Waals surface area contributed by atoms with Gasteiger partial charge in [-0.05, 0) is 19.1 Å². The third kappa shape index (κ3) is 2.18. The van der Waals surface area contributed by atoms with Gasteiger partial charge in [0.25, 0.3) is 0 Å². The van der Waals surface area contributed by atoms with Gasteiger partial charge in [0.15, 0.2) is 18.0 Å². The molecule has 0 saturated carbocycles. The van der Waals surface area contributed by atoms with E-state index in [-0.39, 0.29) is 12.1 Å². The van der Waals surface area contributed by atoms with Crippen molar-refractivity contribution in [2.24, 2.45) is 12.0 Å². The van der Waals surface area contributed by atoms with Crippen LogP contribution in [0.5, 0.6) is 0 Å². The molecule has 1 aliphatic heterocycles. The monoisotopic (exact) mass is 236 g/mol. The second-order valence-corrected chi connectivity index (χ2v) is 3.93. The lowest BCUT2D eigenvalue weighted by Crippen LogP contribution is -2.27. The van der Waals surface area contributed by atoms with Gasteiger partial charge in [0.2, 0.25) is 0 Å². The number of ether oxygens (including phenoxy) is 2. The average molecular weight is 236 g/mol. The molecule has 17 heavy (non-hydrogen) atoms. The second kappa shape index (κ2) is 4.61. The molecule has 5 nitrogen and oxygen atoms in total. The van der Waals surface area contributed by atoms with Gasteiger partial charge in [-0.1, -0.05) is 0 Å². The average Bonchev–Trinajstić information content (AvgIpc) is 2.84. The third-order valence-electron chi connectivity index (χ3n) is 2.71. The molecule has 0 radical (unpaired) electrons. The lowest BCUT2D eigenvalue weighted by atomic mass is 10.1. The molecule has 2 atom stereocenters. The van der Waals surface area contributed by atoms with E-state index in [1.165, 1.54) is 0 Å². The van der Waals surface area contributed by atoms with E-state index in [0.29, 0.717) is 12.5 Å². The maximum atomic E-state index is 11.8. The van der Waals surface area contributed by atoms with Gasteiger partial charge >= 0.3 is 5.97 Å². The molecule has 0 aromatic carbocycles. The molecule has 0 fully saturated rings. The molecule has 1 aliphatic rings. The van der Waals surface area contributed by atoms with E-state index in [1.54, 1.807) is 13.8 Å². The molecular formula is C12H16N2O3. The van der Waals surface area contributed by atoms with Crippen molar-refractivity contribution in [3.8, 4) is 0 Å². The first-order valence-electron chi connectivity index (χ1n) is 5.62. The van der Waals surface area contributed by atoms with Crippen LogP contribution in [0.3, 0.4) is 0 Å². The molecule has 1 aromatic heterocycles. The third-order valence-corrected chi connectivity index (χ3v) is 2.71. The number of hydrogen-bond donors (Lipinski definition) is 0. The van der Waals surface area contributed by atoms with Crippen molar-refractivity contribution in [3.63, 3.8) is 0 Å². The van der Waals surface area contributed by atoms with Crippen LogP contribution in [0, 0.1) is 0 Å². The molecule has 5 heteroatoms. The molecule has 2 heterocycles. The Morgan fingerprint density at radius 1 is 1.65 bits per heavy atom. The summed E-state index contributed by atoms with van der Waals surface area (Å²) in [5.41, 5.74) is 0.920. The highest BCUT2D eigenvalue weighted by atomic mass is 16.5. The van der Waals surface area contributed by atoms with Crippen LogP contribution >= 0.6 is 0 Å². The molecular weight excluding hydrogens is 220 g/mol. The van der Waals surface area contributed by atoms with E-state index in [4.69, 9.17) is 9.47 Å². The van der Waals surface area contributed by atoms with Crippen molar-refractivity contribution in [2.75, 3.05) is 6.61 Å². The number of esters is 1. The smallest absolute Gasteiger partial charge is 0.335 e. The number of aryl methyl sites for hydroxylation is 1. The van der Waals surface area contributed by atoms with Crippen molar-refractivity contribution in [1.82, 2.24) is 4.57 Å². The highest BCUT2D eigenvalue weighted by Gasteiger charge is 2.38. The molecule has 0 bridgehead atoms. The van der Waals surface area contributed by atoms with Crippen LogP contribution in [0.4, 0.5) is 0 Å². The zero-order valence-electron chi connectivity index (χ0n) is 10.2. The van der Waals surface area contributed by atoms with Gasteiger partial charge < -0.3 is 14.0 Å². The van der Waals surface area contributed by atoms with Gasteiger partial charge in [-0.15, -0.1) is 0 Å². The topological polar surface area (TPSA) is 52.8 Å². The first-order chi connectivity index (χ1) is 8.13. The van der Waals surface area contributed by atoms with E-state index in [1.807, 2.05) is 29.9 Å². The van der Waals surface area contributed by atoms with Gasteiger partial charge in [-0.3, -0.25) is 0 Å². The van der Waals surface area contributed by atoms with Crippen LogP contribution in [0.15, 0.2) is 23.3 Å². The van der Waals surface area contributed by atoms with Gasteiger partial charge in [0.05, 0.1) is 12.3 Å². The Balaban J connectivity index is 2.23. The summed E-state index contributed by atoms with van der Waals surface area (Å²) in [4.78, 5) is 16.0. The lowest BCUT2D eigenvalue weighted by molar-refractivity contribution is -0.146. The highest BCUT2D eigenvalue weighted by Crippen LogP contribution is 2.29. The fraction of sp³-hybridized carbons (Fsp3) is 0.500. The van der Waals surface area contributed by atoms with Crippen LogP contribution in [0.2, 0.25) is 0 Å². The first-order valence-corrected chi connectivity index (χ1v) is 5.62. The number of carbonyl (C=O) groups is 1. The van der Waals surface area contributed by atoms with E-state index >= 15 is 0 Å². The summed E-state index contributed by atoms with van der Waals surface area (Å²) in [6.07, 6.45) is 1.53. The standard InChI is InChI=1S/C12H16N2O3/c1-4-16-12(15)10-11(17-8(2)13-10)9-6-5-7-14(9)3/h5-7,10-11H,4H2,1-3H3. The first kappa shape index (κ1) is 11.7. The molecule has 1 aromatic rings. The summed E-state index contributed by atoms with van der Waals surface area (Å²) in [7, 11) is 1.91. The van der Waals surface area contributed by atoms with Crippen LogP contribution in [-0.4, -0.2) is 29.1 Å². The Morgan fingerprint density at radius 2 is 2.41 bits per heavy atom. The maximum Gasteiger partial charge on any atom is 0.335 e. The number of carbonyl (C=O) groups excluding carboxylic acids is 1. The van der Waals surface area contributed by atoms with Gasteiger partial charge in [-0.25, -0.2) is 9.79 Å². The fourth-order valence-electron chi connectivity index (χ4n) is 1.94. The van der Waals surface area contributed by atoms with E-state index in [2.05, 4.69) is 4.99 Å². The number of hydrogen-bond acceptors (Lipinski definition) is 4. The normalized spacial score (nSPS) is 23.1. The summed E-state index contributed by atoms with van der Waals surface area (Å²) >= 11 is 0. The lowest BCUT2D eigenvalue weighted by Gasteiger charge is -2.17. The Morgan fingerprint density at radius 3 is 3.00 bits per heavy atom. The largest absolute Gasteiger partial charge is 0.469 e. The number of aromatic nitrogens is 1. The van der Waals surface area contributed by atoms with Gasteiger partial charge in [0, 0.05) is 20.2 Å². The zero-order valence-corrected chi connectivity index (χ0v) is 10.2. The predicted molar refractivity (Wildman–Crippen MR) is 62.8 cm³/mol. The number of aliphatic imine (C=N–C) groups is 1. The molecule has 0 amide bonds. The summed E-state index contributed by atoms with van der Waals surface area (Å²) in [6.45, 7) is 3.88. The Hall–Kier alpha value is -1.78. The van der Waals surface area contributed by atoms with E-state index in [0.717, 1.165) is 5.69 Å². The summed E-state index contributed by atoms with van der Waals surface area (Å²) < 4.78 is 12.5. The molecule has 0 N–H and O–H groups in total. The quantitative estimate of drug-likeness (QED) is 0.746. The number of nitrogens with zero attached hydrogens (tertiary/aromatic N) is 2. The molecule has 0 saturated heterocycles. The summed E-state index contributed by atoms with van der Waals surface area (Å²) in [5, 5.41) is 0. The van der Waals surface area contributed by atoms with Gasteiger partial charge in [-0.2, -0.15) is 0 Å². The Bertz CT molecular complexity index is 450. The minimum atomic E-state index is -0.594. The Labute approximate surface area is 100 Å². The SMILES string of the molecule is CCOC(=O)C1N=C(C)OC1c1cccn1C. The predicted octanol–water partition coefficient (Wildman–Crippen LogP) is 1.45. The van der Waals surface area contributed by atoms with Crippen LogP contribution in [0.25, 0.3) is 0 Å². The van der Waals surface area contributed by atoms with Crippen molar-refractivity contribution < 1.29 is 14.3 Å². The van der Waals surface area contributed by atoms with E-state index < -0.39 is 6.04 Å². The molecule has 0 aliphatic carbocycles. The summed E-state index contributed by atoms with van der Waals surface area (Å²) in [5.74, 6) is 0.185.